The molecule has 0 spiro atoms. The van der Waals surface area contributed by atoms with Crippen LogP contribution in [-0.2, 0) is 16.4 Å². The van der Waals surface area contributed by atoms with E-state index in [0.717, 1.165) is 24.0 Å². The first-order valence-corrected chi connectivity index (χ1v) is 16.0. The molecular formula is C24H25N13O4S2. The molecule has 0 unspecified atom stereocenters. The lowest BCUT2D eigenvalue weighted by atomic mass is 9.87. The maximum absolute atomic E-state index is 13.1. The summed E-state index contributed by atoms with van der Waals surface area (Å²) in [4.78, 5) is 42.6. The Labute approximate surface area is 247 Å². The van der Waals surface area contributed by atoms with Crippen molar-refractivity contribution >= 4 is 44.5 Å². The molecule has 0 aromatic carbocycles. The summed E-state index contributed by atoms with van der Waals surface area (Å²) in [6.45, 7) is 0.163. The van der Waals surface area contributed by atoms with Crippen LogP contribution in [0, 0.1) is 0 Å². The van der Waals surface area contributed by atoms with Gasteiger partial charge in [-0.2, -0.15) is 9.61 Å². The van der Waals surface area contributed by atoms with Crippen molar-refractivity contribution in [2.45, 2.75) is 55.1 Å². The van der Waals surface area contributed by atoms with Crippen LogP contribution in [0.3, 0.4) is 0 Å². The number of aromatic amines is 2. The van der Waals surface area contributed by atoms with Gasteiger partial charge >= 0.3 is 0 Å². The number of fused-ring (bicyclic) bond motifs is 3. The van der Waals surface area contributed by atoms with Gasteiger partial charge in [-0.15, -0.1) is 31.7 Å². The first-order valence-electron chi connectivity index (χ1n) is 13.3. The van der Waals surface area contributed by atoms with Gasteiger partial charge in [-0.25, -0.2) is 18.4 Å². The molecule has 3 atom stereocenters. The average molecular weight is 624 g/mol. The van der Waals surface area contributed by atoms with Crippen LogP contribution in [0.4, 0.5) is 5.82 Å². The second-order valence-corrected chi connectivity index (χ2v) is 13.6. The first kappa shape index (κ1) is 27.1. The molecule has 17 nitrogen and oxygen atoms in total. The number of thiazole rings is 1. The van der Waals surface area contributed by atoms with Gasteiger partial charge in [0.1, 0.15) is 28.4 Å². The van der Waals surface area contributed by atoms with Crippen molar-refractivity contribution in [3.63, 3.8) is 0 Å². The molecule has 43 heavy (non-hydrogen) atoms. The SMILES string of the molecule is CS(=O)(=O)c1c([C@@H]2C[C@H]3CC[C@@H](C2)N3C(=O)c2nnc[nH]2)nc2c(-c3cnc(CNC(=O)c4nnc[nH]4)s3)cnn2c1N. The van der Waals surface area contributed by atoms with Crippen LogP contribution in [0.1, 0.15) is 63.5 Å². The Morgan fingerprint density at radius 2 is 1.79 bits per heavy atom. The van der Waals surface area contributed by atoms with Gasteiger partial charge in [0.2, 0.25) is 11.6 Å². The number of sulfone groups is 1. The number of nitrogens with two attached hydrogens (primary N) is 1. The van der Waals surface area contributed by atoms with E-state index in [4.69, 9.17) is 10.7 Å². The standard InChI is InChI=1S/C24H25N13O4S2/c1-43(40,41)18-17(11-4-12-2-3-13(5-11)36(12)24(39)21-29-10-31-35-21)33-22-14(6-32-37(22)19(18)25)15-7-26-16(42-15)8-27-23(38)20-28-9-30-34-20/h6-7,9-13H,2-5,8,25H2,1H3,(H,27,38)(H,28,30,34)(H,29,31,35)/t11-,12-,13+. The molecule has 2 aliphatic heterocycles. The van der Waals surface area contributed by atoms with Crippen LogP contribution >= 0.6 is 11.3 Å². The number of aromatic nitrogens is 10. The molecule has 7 rings (SSSR count). The van der Waals surface area contributed by atoms with Gasteiger partial charge in [0.15, 0.2) is 15.5 Å². The zero-order valence-corrected chi connectivity index (χ0v) is 24.3. The number of hydrogen-bond donors (Lipinski definition) is 4. The Balaban J connectivity index is 1.21. The van der Waals surface area contributed by atoms with E-state index in [-0.39, 0.29) is 52.8 Å². The highest BCUT2D eigenvalue weighted by molar-refractivity contribution is 7.91. The summed E-state index contributed by atoms with van der Waals surface area (Å²) in [6, 6.07) is -0.206. The molecule has 7 heterocycles. The minimum absolute atomic E-state index is 0.0228. The van der Waals surface area contributed by atoms with Crippen LogP contribution in [-0.4, -0.2) is 93.4 Å². The molecule has 5 aromatic rings. The lowest BCUT2D eigenvalue weighted by Gasteiger charge is -2.38. The summed E-state index contributed by atoms with van der Waals surface area (Å²) in [5.74, 6) is -0.633. The third-order valence-electron chi connectivity index (χ3n) is 7.86. The molecule has 0 saturated carbocycles. The predicted molar refractivity (Wildman–Crippen MR) is 151 cm³/mol. The summed E-state index contributed by atoms with van der Waals surface area (Å²) in [7, 11) is -3.78. The molecule has 0 radical (unpaired) electrons. The first-order chi connectivity index (χ1) is 20.7. The largest absolute Gasteiger partial charge is 0.382 e. The lowest BCUT2D eigenvalue weighted by Crippen LogP contribution is -2.46. The van der Waals surface area contributed by atoms with E-state index < -0.39 is 15.7 Å². The number of carbonyl (C=O) groups is 2. The molecule has 2 amide bonds. The lowest BCUT2D eigenvalue weighted by molar-refractivity contribution is 0.0556. The van der Waals surface area contributed by atoms with Crippen molar-refractivity contribution in [2.75, 3.05) is 12.0 Å². The molecule has 2 aliphatic rings. The Hall–Kier alpha value is -4.78. The molecule has 2 fully saturated rings. The highest BCUT2D eigenvalue weighted by Gasteiger charge is 2.46. The minimum atomic E-state index is -3.78. The van der Waals surface area contributed by atoms with Crippen LogP contribution in [0.2, 0.25) is 0 Å². The molecule has 2 bridgehead atoms. The summed E-state index contributed by atoms with van der Waals surface area (Å²) < 4.78 is 27.5. The zero-order chi connectivity index (χ0) is 29.9. The number of nitrogen functional groups attached to an aromatic ring is 1. The Bertz CT molecular complexity index is 1940. The molecule has 0 aliphatic carbocycles. The zero-order valence-electron chi connectivity index (χ0n) is 22.6. The number of nitrogens with zero attached hydrogens (tertiary/aromatic N) is 9. The van der Waals surface area contributed by atoms with Crippen molar-refractivity contribution in [2.24, 2.45) is 0 Å². The van der Waals surface area contributed by atoms with E-state index in [1.165, 1.54) is 28.5 Å². The fraction of sp³-hybridized carbons (Fsp3) is 0.375. The van der Waals surface area contributed by atoms with Gasteiger partial charge < -0.3 is 25.9 Å². The maximum Gasteiger partial charge on any atom is 0.292 e. The molecule has 5 N–H and O–H groups in total. The Morgan fingerprint density at radius 1 is 1.09 bits per heavy atom. The van der Waals surface area contributed by atoms with Crippen LogP contribution < -0.4 is 11.1 Å². The summed E-state index contributed by atoms with van der Waals surface area (Å²) in [6.07, 6.45) is 9.65. The second-order valence-electron chi connectivity index (χ2n) is 10.5. The van der Waals surface area contributed by atoms with Gasteiger partial charge in [-0.3, -0.25) is 9.59 Å². The van der Waals surface area contributed by atoms with Crippen molar-refractivity contribution in [3.05, 3.63) is 47.4 Å². The quantitative estimate of drug-likeness (QED) is 0.195. The van der Waals surface area contributed by atoms with Crippen molar-refractivity contribution in [1.29, 1.82) is 0 Å². The van der Waals surface area contributed by atoms with Crippen LogP contribution in [0.5, 0.6) is 0 Å². The van der Waals surface area contributed by atoms with Crippen LogP contribution in [0.25, 0.3) is 16.1 Å². The van der Waals surface area contributed by atoms with E-state index in [1.807, 2.05) is 4.90 Å². The fourth-order valence-corrected chi connectivity index (χ4v) is 8.01. The predicted octanol–water partition coefficient (Wildman–Crippen LogP) is 0.556. The van der Waals surface area contributed by atoms with Crippen molar-refractivity contribution in [3.8, 4) is 10.4 Å². The number of amides is 2. The average Bonchev–Trinajstić information content (AvgIpc) is 3.80. The number of nitrogens with one attached hydrogen (secondary N) is 3. The summed E-state index contributed by atoms with van der Waals surface area (Å²) in [5, 5.41) is 22.6. The van der Waals surface area contributed by atoms with Crippen LogP contribution in [0.15, 0.2) is 29.9 Å². The molecule has 222 valence electrons. The second kappa shape index (κ2) is 10.2. The summed E-state index contributed by atoms with van der Waals surface area (Å²) in [5.41, 5.74) is 7.88. The van der Waals surface area contributed by atoms with E-state index in [9.17, 15) is 18.0 Å². The highest BCUT2D eigenvalue weighted by Crippen LogP contribution is 2.45. The van der Waals surface area contributed by atoms with Crippen molar-refractivity contribution < 1.29 is 18.0 Å². The monoisotopic (exact) mass is 623 g/mol. The summed E-state index contributed by atoms with van der Waals surface area (Å²) >= 11 is 1.33. The van der Waals surface area contributed by atoms with E-state index >= 15 is 0 Å². The third kappa shape index (κ3) is 4.69. The van der Waals surface area contributed by atoms with E-state index in [1.54, 1.807) is 12.4 Å². The number of rotatable bonds is 7. The van der Waals surface area contributed by atoms with Gasteiger partial charge in [-0.1, -0.05) is 0 Å². The smallest absolute Gasteiger partial charge is 0.292 e. The Morgan fingerprint density at radius 3 is 2.44 bits per heavy atom. The molecule has 2 saturated heterocycles. The van der Waals surface area contributed by atoms with Gasteiger partial charge in [-0.05, 0) is 25.7 Å². The number of carbonyl (C=O) groups excluding carboxylic acids is 2. The third-order valence-corrected chi connectivity index (χ3v) is 10.0. The van der Waals surface area contributed by atoms with Gasteiger partial charge in [0.05, 0.1) is 28.9 Å². The van der Waals surface area contributed by atoms with Gasteiger partial charge in [0, 0.05) is 30.5 Å². The minimum Gasteiger partial charge on any atom is -0.382 e. The molecule has 19 heteroatoms. The van der Waals surface area contributed by atoms with E-state index in [2.05, 4.69) is 45.8 Å². The number of anilines is 1. The molecular weight excluding hydrogens is 598 g/mol. The molecule has 5 aromatic heterocycles. The highest BCUT2D eigenvalue weighted by atomic mass is 32.2. The van der Waals surface area contributed by atoms with E-state index in [0.29, 0.717) is 34.8 Å². The number of piperidine rings is 1. The van der Waals surface area contributed by atoms with Gasteiger partial charge in [0.25, 0.3) is 11.8 Å². The topological polar surface area (TPSA) is 236 Å². The maximum atomic E-state index is 13.1. The Kier molecular flexibility index (Phi) is 6.42. The normalized spacial score (nSPS) is 20.1. The number of H-pyrrole nitrogens is 2. The number of hydrogen-bond acceptors (Lipinski definition) is 13. The fourth-order valence-electron chi connectivity index (χ4n) is 6.09. The van der Waals surface area contributed by atoms with Crippen molar-refractivity contribution in [1.82, 2.24) is 60.2 Å².